The summed E-state index contributed by atoms with van der Waals surface area (Å²) < 4.78 is 26.9. The molecule has 2 N–H and O–H groups in total. The highest BCUT2D eigenvalue weighted by atomic mass is 32.2. The third kappa shape index (κ3) is 3.03. The average molecular weight is 297 g/mol. The highest BCUT2D eigenvalue weighted by Gasteiger charge is 2.37. The lowest BCUT2D eigenvalue weighted by Crippen LogP contribution is -2.52. The van der Waals surface area contributed by atoms with Gasteiger partial charge in [-0.1, -0.05) is 30.3 Å². The summed E-state index contributed by atoms with van der Waals surface area (Å²) >= 11 is 0. The molecule has 5 nitrogen and oxygen atoms in total. The normalized spacial score (nSPS) is 23.6. The van der Waals surface area contributed by atoms with Gasteiger partial charge in [-0.25, -0.2) is 8.42 Å². The first kappa shape index (κ1) is 15.4. The number of likely N-dealkylation sites (N-methyl/N-ethyl adjacent to an activating group) is 1. The number of hydrogen-bond donors (Lipinski definition) is 1. The molecule has 0 radical (unpaired) electrons. The molecule has 1 heterocycles. The monoisotopic (exact) mass is 297 g/mol. The zero-order valence-electron chi connectivity index (χ0n) is 12.1. The van der Waals surface area contributed by atoms with Crippen LogP contribution in [0.5, 0.6) is 0 Å². The van der Waals surface area contributed by atoms with Crippen molar-refractivity contribution in [2.24, 2.45) is 5.73 Å². The van der Waals surface area contributed by atoms with E-state index in [0.29, 0.717) is 13.1 Å². The Labute approximate surface area is 121 Å². The molecule has 6 heteroatoms. The van der Waals surface area contributed by atoms with Crippen LogP contribution in [0, 0.1) is 0 Å². The first-order valence-electron chi connectivity index (χ1n) is 6.91. The number of benzene rings is 1. The van der Waals surface area contributed by atoms with Gasteiger partial charge in [0, 0.05) is 26.2 Å². The standard InChI is InChI=1S/C14H23N3O2S/c1-12(10-15)20(18,19)17-9-8-16(2)11-14(17)13-6-4-3-5-7-13/h3-7,12,14H,8-11,15H2,1-2H3. The molecule has 0 aliphatic carbocycles. The van der Waals surface area contributed by atoms with Gasteiger partial charge in [-0.05, 0) is 19.5 Å². The molecule has 1 fully saturated rings. The van der Waals surface area contributed by atoms with Crippen LogP contribution in [0.2, 0.25) is 0 Å². The molecular formula is C14H23N3O2S. The number of nitrogens with zero attached hydrogens (tertiary/aromatic N) is 2. The van der Waals surface area contributed by atoms with Crippen molar-refractivity contribution in [2.75, 3.05) is 33.2 Å². The minimum atomic E-state index is -3.35. The van der Waals surface area contributed by atoms with Gasteiger partial charge in [-0.3, -0.25) is 0 Å². The number of piperazine rings is 1. The second-order valence-corrected chi connectivity index (χ2v) is 7.69. The number of sulfonamides is 1. The van der Waals surface area contributed by atoms with Crippen LogP contribution < -0.4 is 5.73 Å². The minimum absolute atomic E-state index is 0.131. The van der Waals surface area contributed by atoms with Crippen molar-refractivity contribution >= 4 is 10.0 Å². The molecule has 2 rings (SSSR count). The lowest BCUT2D eigenvalue weighted by molar-refractivity contribution is 0.160. The van der Waals surface area contributed by atoms with Gasteiger partial charge in [-0.2, -0.15) is 4.31 Å². The zero-order chi connectivity index (χ0) is 14.8. The molecule has 112 valence electrons. The summed E-state index contributed by atoms with van der Waals surface area (Å²) in [5.41, 5.74) is 6.59. The maximum atomic E-state index is 12.6. The van der Waals surface area contributed by atoms with E-state index in [1.165, 1.54) is 0 Å². The quantitative estimate of drug-likeness (QED) is 0.886. The maximum Gasteiger partial charge on any atom is 0.218 e. The summed E-state index contributed by atoms with van der Waals surface area (Å²) in [7, 11) is -1.33. The molecule has 1 saturated heterocycles. The Balaban J connectivity index is 2.35. The highest BCUT2D eigenvalue weighted by Crippen LogP contribution is 2.28. The smallest absolute Gasteiger partial charge is 0.218 e. The van der Waals surface area contributed by atoms with E-state index in [2.05, 4.69) is 4.90 Å². The first-order chi connectivity index (χ1) is 9.46. The second kappa shape index (κ2) is 6.22. The molecule has 0 saturated carbocycles. The fourth-order valence-electron chi connectivity index (χ4n) is 2.51. The van der Waals surface area contributed by atoms with Crippen molar-refractivity contribution in [1.29, 1.82) is 0 Å². The van der Waals surface area contributed by atoms with Crippen LogP contribution >= 0.6 is 0 Å². The summed E-state index contributed by atoms with van der Waals surface area (Å²) in [6, 6.07) is 9.67. The number of nitrogens with two attached hydrogens (primary N) is 1. The molecule has 2 atom stereocenters. The van der Waals surface area contributed by atoms with Crippen molar-refractivity contribution in [3.8, 4) is 0 Å². The van der Waals surface area contributed by atoms with E-state index in [1.54, 1.807) is 11.2 Å². The predicted octanol–water partition coefficient (Wildman–Crippen LogP) is 0.652. The molecule has 20 heavy (non-hydrogen) atoms. The van der Waals surface area contributed by atoms with Gasteiger partial charge in [0.1, 0.15) is 0 Å². The summed E-state index contributed by atoms with van der Waals surface area (Å²) in [5, 5.41) is -0.544. The Morgan fingerprint density at radius 3 is 2.55 bits per heavy atom. The third-order valence-electron chi connectivity index (χ3n) is 3.89. The average Bonchev–Trinajstić information content (AvgIpc) is 2.46. The van der Waals surface area contributed by atoms with Crippen LogP contribution in [0.1, 0.15) is 18.5 Å². The van der Waals surface area contributed by atoms with Gasteiger partial charge < -0.3 is 10.6 Å². The van der Waals surface area contributed by atoms with E-state index in [4.69, 9.17) is 5.73 Å². The van der Waals surface area contributed by atoms with Crippen molar-refractivity contribution in [3.05, 3.63) is 35.9 Å². The van der Waals surface area contributed by atoms with Crippen molar-refractivity contribution in [1.82, 2.24) is 9.21 Å². The van der Waals surface area contributed by atoms with E-state index in [0.717, 1.165) is 12.1 Å². The summed E-state index contributed by atoms with van der Waals surface area (Å²) in [4.78, 5) is 2.16. The van der Waals surface area contributed by atoms with E-state index >= 15 is 0 Å². The minimum Gasteiger partial charge on any atom is -0.329 e. The SMILES string of the molecule is CC(CN)S(=O)(=O)N1CCN(C)CC1c1ccccc1. The van der Waals surface area contributed by atoms with Crippen LogP contribution in [-0.2, 0) is 10.0 Å². The van der Waals surface area contributed by atoms with Crippen molar-refractivity contribution in [2.45, 2.75) is 18.2 Å². The molecule has 0 bridgehead atoms. The predicted molar refractivity (Wildman–Crippen MR) is 80.8 cm³/mol. The van der Waals surface area contributed by atoms with Gasteiger partial charge in [0.15, 0.2) is 0 Å². The first-order valence-corrected chi connectivity index (χ1v) is 8.41. The lowest BCUT2D eigenvalue weighted by Gasteiger charge is -2.40. The molecule has 1 aliphatic heterocycles. The summed E-state index contributed by atoms with van der Waals surface area (Å²) in [6.45, 7) is 3.80. The van der Waals surface area contributed by atoms with Crippen LogP contribution in [0.15, 0.2) is 30.3 Å². The topological polar surface area (TPSA) is 66.6 Å². The third-order valence-corrected chi connectivity index (χ3v) is 6.19. The van der Waals surface area contributed by atoms with E-state index < -0.39 is 15.3 Å². The van der Waals surface area contributed by atoms with Gasteiger partial charge in [0.25, 0.3) is 0 Å². The van der Waals surface area contributed by atoms with Crippen LogP contribution in [0.4, 0.5) is 0 Å². The zero-order valence-corrected chi connectivity index (χ0v) is 12.9. The Morgan fingerprint density at radius 1 is 1.30 bits per heavy atom. The Morgan fingerprint density at radius 2 is 1.95 bits per heavy atom. The molecule has 1 aliphatic rings. The van der Waals surface area contributed by atoms with Crippen LogP contribution in [-0.4, -0.2) is 56.1 Å². The second-order valence-electron chi connectivity index (χ2n) is 5.39. The van der Waals surface area contributed by atoms with E-state index in [9.17, 15) is 8.42 Å². The highest BCUT2D eigenvalue weighted by molar-refractivity contribution is 7.89. The van der Waals surface area contributed by atoms with Gasteiger partial charge in [0.2, 0.25) is 10.0 Å². The molecule has 0 spiro atoms. The Bertz CT molecular complexity index is 533. The van der Waals surface area contributed by atoms with Crippen molar-refractivity contribution in [3.63, 3.8) is 0 Å². The van der Waals surface area contributed by atoms with Crippen molar-refractivity contribution < 1.29 is 8.42 Å². The van der Waals surface area contributed by atoms with E-state index in [-0.39, 0.29) is 12.6 Å². The van der Waals surface area contributed by atoms with Gasteiger partial charge in [0.05, 0.1) is 11.3 Å². The number of rotatable bonds is 4. The summed E-state index contributed by atoms with van der Waals surface area (Å²) in [6.07, 6.45) is 0. The number of hydrogen-bond acceptors (Lipinski definition) is 4. The molecular weight excluding hydrogens is 274 g/mol. The van der Waals surface area contributed by atoms with Crippen LogP contribution in [0.3, 0.4) is 0 Å². The molecule has 1 aromatic carbocycles. The largest absolute Gasteiger partial charge is 0.329 e. The molecule has 0 amide bonds. The van der Waals surface area contributed by atoms with Gasteiger partial charge >= 0.3 is 0 Å². The molecule has 2 unspecified atom stereocenters. The molecule has 1 aromatic rings. The molecule has 0 aromatic heterocycles. The fourth-order valence-corrected chi connectivity index (χ4v) is 4.09. The van der Waals surface area contributed by atoms with Crippen LogP contribution in [0.25, 0.3) is 0 Å². The van der Waals surface area contributed by atoms with Gasteiger partial charge in [-0.15, -0.1) is 0 Å². The maximum absolute atomic E-state index is 12.6. The Kier molecular flexibility index (Phi) is 4.80. The summed E-state index contributed by atoms with van der Waals surface area (Å²) in [5.74, 6) is 0. The van der Waals surface area contributed by atoms with E-state index in [1.807, 2.05) is 37.4 Å². The fraction of sp³-hybridized carbons (Fsp3) is 0.571. The lowest BCUT2D eigenvalue weighted by atomic mass is 10.1. The Hall–Kier alpha value is -0.950.